The van der Waals surface area contributed by atoms with Crippen molar-refractivity contribution in [2.24, 2.45) is 0 Å². The summed E-state index contributed by atoms with van der Waals surface area (Å²) in [6, 6.07) is 0. The van der Waals surface area contributed by atoms with Gasteiger partial charge in [0.25, 0.3) is 0 Å². The number of nitrogen functional groups attached to an aromatic ring is 2. The van der Waals surface area contributed by atoms with Gasteiger partial charge in [-0.2, -0.15) is 9.97 Å². The highest BCUT2D eigenvalue weighted by Crippen LogP contribution is 2.30. The second kappa shape index (κ2) is 4.07. The molecule has 0 aromatic carbocycles. The van der Waals surface area contributed by atoms with Crippen LogP contribution in [0.3, 0.4) is 0 Å². The minimum atomic E-state index is -0.194. The number of aliphatic hydroxyl groups is 1. The van der Waals surface area contributed by atoms with E-state index in [2.05, 4.69) is 15.0 Å². The lowest BCUT2D eigenvalue weighted by molar-refractivity contribution is -0.0207. The second-order valence-corrected chi connectivity index (χ2v) is 4.26. The molecule has 1 fully saturated rings. The van der Waals surface area contributed by atoms with Gasteiger partial charge in [0.1, 0.15) is 11.7 Å². The highest BCUT2D eigenvalue weighted by atomic mass is 16.5. The summed E-state index contributed by atoms with van der Waals surface area (Å²) in [5.41, 5.74) is 12.4. The van der Waals surface area contributed by atoms with E-state index in [9.17, 15) is 0 Å². The molecule has 96 valence electrons. The normalized spacial score (nSPS) is 23.8. The largest absolute Gasteiger partial charge is 0.394 e. The Balaban J connectivity index is 2.03. The van der Waals surface area contributed by atoms with Crippen molar-refractivity contribution in [3.63, 3.8) is 0 Å². The van der Waals surface area contributed by atoms with Crippen molar-refractivity contribution < 1.29 is 9.84 Å². The number of nitrogens with zero attached hydrogens (tertiary/aromatic N) is 4. The third-order valence-electron chi connectivity index (χ3n) is 3.06. The number of hydrogen-bond donors (Lipinski definition) is 3. The first-order valence-electron chi connectivity index (χ1n) is 5.71. The number of nitrogens with two attached hydrogens (primary N) is 2. The Hall–Kier alpha value is -1.93. The van der Waals surface area contributed by atoms with Gasteiger partial charge in [0, 0.05) is 0 Å². The van der Waals surface area contributed by atoms with Gasteiger partial charge >= 0.3 is 0 Å². The highest BCUT2D eigenvalue weighted by molar-refractivity contribution is 5.82. The quantitative estimate of drug-likeness (QED) is 0.665. The fourth-order valence-electron chi connectivity index (χ4n) is 2.19. The summed E-state index contributed by atoms with van der Waals surface area (Å²) in [6.45, 7) is 0.0163. The summed E-state index contributed by atoms with van der Waals surface area (Å²) in [4.78, 5) is 12.2. The van der Waals surface area contributed by atoms with Crippen molar-refractivity contribution in [3.8, 4) is 0 Å². The molecule has 8 heteroatoms. The smallest absolute Gasteiger partial charge is 0.224 e. The number of aliphatic hydroxyl groups excluding tert-OH is 1. The Morgan fingerprint density at radius 2 is 2.22 bits per heavy atom. The molecule has 0 radical (unpaired) electrons. The molecule has 3 rings (SSSR count). The first-order chi connectivity index (χ1) is 8.69. The lowest BCUT2D eigenvalue weighted by atomic mass is 10.2. The number of fused-ring (bicyclic) bond motifs is 1. The number of hydrogen-bond acceptors (Lipinski definition) is 7. The summed E-state index contributed by atoms with van der Waals surface area (Å²) in [7, 11) is 0. The van der Waals surface area contributed by atoms with E-state index in [1.165, 1.54) is 0 Å². The lowest BCUT2D eigenvalue weighted by Crippen LogP contribution is -2.14. The van der Waals surface area contributed by atoms with Crippen molar-refractivity contribution in [1.29, 1.82) is 0 Å². The van der Waals surface area contributed by atoms with Gasteiger partial charge in [0.05, 0.1) is 19.0 Å². The van der Waals surface area contributed by atoms with Crippen LogP contribution in [0.4, 0.5) is 11.8 Å². The second-order valence-electron chi connectivity index (χ2n) is 4.26. The lowest BCUT2D eigenvalue weighted by Gasteiger charge is -2.13. The van der Waals surface area contributed by atoms with Gasteiger partial charge in [-0.1, -0.05) is 0 Å². The van der Waals surface area contributed by atoms with E-state index < -0.39 is 0 Å². The molecule has 0 spiro atoms. The molecule has 1 aliphatic rings. The third kappa shape index (κ3) is 1.66. The zero-order valence-corrected chi connectivity index (χ0v) is 9.65. The van der Waals surface area contributed by atoms with E-state index >= 15 is 0 Å². The van der Waals surface area contributed by atoms with Gasteiger partial charge < -0.3 is 21.3 Å². The van der Waals surface area contributed by atoms with Crippen LogP contribution in [0.2, 0.25) is 0 Å². The fourth-order valence-corrected chi connectivity index (χ4v) is 2.19. The maximum atomic E-state index is 9.07. The van der Waals surface area contributed by atoms with Crippen LogP contribution in [0.5, 0.6) is 0 Å². The van der Waals surface area contributed by atoms with Crippen molar-refractivity contribution in [2.75, 3.05) is 18.1 Å². The first kappa shape index (κ1) is 11.2. The summed E-state index contributed by atoms with van der Waals surface area (Å²) < 4.78 is 7.45. The molecule has 1 saturated heterocycles. The fraction of sp³-hybridized carbons (Fsp3) is 0.500. The summed E-state index contributed by atoms with van der Waals surface area (Å²) in [5, 5.41) is 9.07. The summed E-state index contributed by atoms with van der Waals surface area (Å²) in [5.74, 6) is 0.367. The zero-order chi connectivity index (χ0) is 12.7. The van der Waals surface area contributed by atoms with E-state index in [4.69, 9.17) is 21.3 Å². The molecule has 1 aliphatic heterocycles. The number of imidazole rings is 1. The molecular weight excluding hydrogens is 236 g/mol. The molecule has 0 aliphatic carbocycles. The topological polar surface area (TPSA) is 125 Å². The molecule has 2 unspecified atom stereocenters. The van der Waals surface area contributed by atoms with Crippen LogP contribution >= 0.6 is 0 Å². The van der Waals surface area contributed by atoms with Gasteiger partial charge in [0.15, 0.2) is 11.5 Å². The molecule has 5 N–H and O–H groups in total. The van der Waals surface area contributed by atoms with Crippen LogP contribution in [0.1, 0.15) is 19.1 Å². The van der Waals surface area contributed by atoms with Crippen LogP contribution in [0.25, 0.3) is 11.2 Å². The van der Waals surface area contributed by atoms with Crippen molar-refractivity contribution in [1.82, 2.24) is 19.5 Å². The van der Waals surface area contributed by atoms with E-state index in [1.54, 1.807) is 10.9 Å². The summed E-state index contributed by atoms with van der Waals surface area (Å²) >= 11 is 0. The number of anilines is 2. The predicted molar refractivity (Wildman–Crippen MR) is 64.4 cm³/mol. The molecule has 0 saturated carbocycles. The monoisotopic (exact) mass is 250 g/mol. The van der Waals surface area contributed by atoms with Crippen LogP contribution in [-0.2, 0) is 4.74 Å². The molecule has 8 nitrogen and oxygen atoms in total. The highest BCUT2D eigenvalue weighted by Gasteiger charge is 2.27. The maximum absolute atomic E-state index is 9.07. The Kier molecular flexibility index (Phi) is 2.53. The average Bonchev–Trinajstić information content (AvgIpc) is 2.93. The standard InChI is InChI=1S/C10H14N6O2/c11-8-7-9(15-10(12)14-8)16(4-13-7)6-2-1-5(3-17)18-6/h4-6,17H,1-3H2,(H4,11,12,14,15). The molecule has 2 aromatic heterocycles. The van der Waals surface area contributed by atoms with Gasteiger partial charge in [-0.05, 0) is 12.8 Å². The maximum Gasteiger partial charge on any atom is 0.224 e. The van der Waals surface area contributed by atoms with E-state index in [0.717, 1.165) is 12.8 Å². The number of ether oxygens (including phenoxy) is 1. The Morgan fingerprint density at radius 1 is 1.39 bits per heavy atom. The zero-order valence-electron chi connectivity index (χ0n) is 9.65. The average molecular weight is 250 g/mol. The predicted octanol–water partition coefficient (Wildman–Crippen LogP) is -0.339. The molecule has 0 bridgehead atoms. The van der Waals surface area contributed by atoms with Crippen LogP contribution in [-0.4, -0.2) is 37.3 Å². The minimum absolute atomic E-state index is 0.0163. The van der Waals surface area contributed by atoms with E-state index in [0.29, 0.717) is 11.2 Å². The Bertz CT molecular complexity index is 583. The molecule has 0 amide bonds. The van der Waals surface area contributed by atoms with Gasteiger partial charge in [0.2, 0.25) is 5.95 Å². The van der Waals surface area contributed by atoms with Crippen molar-refractivity contribution in [2.45, 2.75) is 25.2 Å². The van der Waals surface area contributed by atoms with Crippen LogP contribution in [0.15, 0.2) is 6.33 Å². The van der Waals surface area contributed by atoms with E-state index in [-0.39, 0.29) is 30.7 Å². The molecule has 18 heavy (non-hydrogen) atoms. The molecular formula is C10H14N6O2. The SMILES string of the molecule is Nc1nc(N)c2ncn(C3CCC(CO)O3)c2n1. The van der Waals surface area contributed by atoms with Crippen LogP contribution in [0, 0.1) is 0 Å². The first-order valence-corrected chi connectivity index (χ1v) is 5.71. The molecule has 3 heterocycles. The van der Waals surface area contributed by atoms with Gasteiger partial charge in [-0.25, -0.2) is 4.98 Å². The number of rotatable bonds is 2. The van der Waals surface area contributed by atoms with Gasteiger partial charge in [-0.15, -0.1) is 0 Å². The van der Waals surface area contributed by atoms with Crippen molar-refractivity contribution in [3.05, 3.63) is 6.33 Å². The molecule has 2 aromatic rings. The Labute approximate surface area is 103 Å². The number of aromatic nitrogens is 4. The minimum Gasteiger partial charge on any atom is -0.394 e. The Morgan fingerprint density at radius 3 is 2.94 bits per heavy atom. The van der Waals surface area contributed by atoms with Crippen molar-refractivity contribution >= 4 is 22.9 Å². The summed E-state index contributed by atoms with van der Waals surface area (Å²) in [6.07, 6.45) is 2.88. The molecule has 2 atom stereocenters. The van der Waals surface area contributed by atoms with Gasteiger partial charge in [-0.3, -0.25) is 4.57 Å². The van der Waals surface area contributed by atoms with E-state index in [1.807, 2.05) is 0 Å². The third-order valence-corrected chi connectivity index (χ3v) is 3.06. The van der Waals surface area contributed by atoms with Crippen LogP contribution < -0.4 is 11.5 Å².